The molecule has 2 nitrogen and oxygen atoms in total. The standard InChI is InChI=1S/C20H22N2/c1-2-4-12-11(3-1)13-8-14(12)18-17(13)19-15-9-5-6-10(7-9)16(15)20(18)22-21-19/h1-4,9-10,13-20H,5-8H2. The number of rotatable bonds is 0. The third-order valence-corrected chi connectivity index (χ3v) is 8.63. The molecule has 8 rings (SSSR count). The molecule has 6 bridgehead atoms. The fourth-order valence-electron chi connectivity index (χ4n) is 8.28. The molecule has 10 unspecified atom stereocenters. The number of nitrogens with zero attached hydrogens (tertiary/aromatic N) is 2. The summed E-state index contributed by atoms with van der Waals surface area (Å²) in [5, 5.41) is 9.84. The lowest BCUT2D eigenvalue weighted by molar-refractivity contribution is -0.00501. The van der Waals surface area contributed by atoms with Crippen LogP contribution in [0.2, 0.25) is 0 Å². The third-order valence-electron chi connectivity index (χ3n) is 8.63. The van der Waals surface area contributed by atoms with E-state index in [1.165, 1.54) is 25.7 Å². The predicted octanol–water partition coefficient (Wildman–Crippen LogP) is 4.38. The van der Waals surface area contributed by atoms with Gasteiger partial charge in [-0.15, -0.1) is 0 Å². The van der Waals surface area contributed by atoms with Gasteiger partial charge in [0.25, 0.3) is 0 Å². The zero-order valence-corrected chi connectivity index (χ0v) is 12.8. The Balaban J connectivity index is 1.41. The minimum absolute atomic E-state index is 0.582. The van der Waals surface area contributed by atoms with Gasteiger partial charge in [-0.1, -0.05) is 24.3 Å². The molecule has 7 aliphatic rings. The molecule has 5 aliphatic carbocycles. The summed E-state index contributed by atoms with van der Waals surface area (Å²) in [4.78, 5) is 0. The van der Waals surface area contributed by atoms with Crippen LogP contribution in [0.3, 0.4) is 0 Å². The Morgan fingerprint density at radius 2 is 1.23 bits per heavy atom. The maximum absolute atomic E-state index is 4.92. The lowest BCUT2D eigenvalue weighted by atomic mass is 9.54. The van der Waals surface area contributed by atoms with Crippen LogP contribution >= 0.6 is 0 Å². The summed E-state index contributed by atoms with van der Waals surface area (Å²) in [6, 6.07) is 10.5. The summed E-state index contributed by atoms with van der Waals surface area (Å²) in [6.07, 6.45) is 5.90. The highest BCUT2D eigenvalue weighted by Gasteiger charge is 2.68. The Hall–Kier alpha value is -1.18. The van der Waals surface area contributed by atoms with Crippen molar-refractivity contribution in [1.29, 1.82) is 0 Å². The predicted molar refractivity (Wildman–Crippen MR) is 83.8 cm³/mol. The fourth-order valence-corrected chi connectivity index (χ4v) is 8.28. The first-order valence-corrected chi connectivity index (χ1v) is 9.40. The Kier molecular flexibility index (Phi) is 1.81. The van der Waals surface area contributed by atoms with Crippen molar-refractivity contribution in [2.45, 2.75) is 49.6 Å². The van der Waals surface area contributed by atoms with E-state index in [1.54, 1.807) is 11.1 Å². The molecule has 0 spiro atoms. The van der Waals surface area contributed by atoms with Crippen molar-refractivity contribution >= 4 is 0 Å². The van der Waals surface area contributed by atoms with E-state index in [-0.39, 0.29) is 0 Å². The van der Waals surface area contributed by atoms with Gasteiger partial charge in [-0.25, -0.2) is 0 Å². The van der Waals surface area contributed by atoms with E-state index in [0.29, 0.717) is 12.1 Å². The van der Waals surface area contributed by atoms with Gasteiger partial charge in [0, 0.05) is 0 Å². The van der Waals surface area contributed by atoms with Gasteiger partial charge in [0.15, 0.2) is 0 Å². The average Bonchev–Trinajstić information content (AvgIpc) is 3.34. The Morgan fingerprint density at radius 1 is 0.682 bits per heavy atom. The van der Waals surface area contributed by atoms with Gasteiger partial charge < -0.3 is 0 Å². The van der Waals surface area contributed by atoms with Crippen LogP contribution in [0.4, 0.5) is 0 Å². The lowest BCUT2D eigenvalue weighted by Crippen LogP contribution is -2.56. The van der Waals surface area contributed by atoms with Crippen LogP contribution in [0.25, 0.3) is 0 Å². The summed E-state index contributed by atoms with van der Waals surface area (Å²) in [6.45, 7) is 0. The Labute approximate surface area is 131 Å². The molecular formula is C20H22N2. The molecule has 4 saturated carbocycles. The summed E-state index contributed by atoms with van der Waals surface area (Å²) in [5.74, 6) is 7.10. The minimum Gasteiger partial charge on any atom is -0.190 e. The summed E-state index contributed by atoms with van der Waals surface area (Å²) in [7, 11) is 0. The van der Waals surface area contributed by atoms with E-state index in [2.05, 4.69) is 24.3 Å². The summed E-state index contributed by atoms with van der Waals surface area (Å²) < 4.78 is 0. The molecule has 112 valence electrons. The zero-order chi connectivity index (χ0) is 14.0. The van der Waals surface area contributed by atoms with Crippen LogP contribution in [0.15, 0.2) is 34.5 Å². The average molecular weight is 290 g/mol. The van der Waals surface area contributed by atoms with Crippen molar-refractivity contribution in [2.75, 3.05) is 0 Å². The molecule has 22 heavy (non-hydrogen) atoms. The van der Waals surface area contributed by atoms with Gasteiger partial charge in [0.05, 0.1) is 12.1 Å². The molecule has 2 aliphatic heterocycles. The molecule has 0 saturated heterocycles. The number of fused-ring (bicyclic) bond motifs is 7. The second-order valence-electron chi connectivity index (χ2n) is 8.93. The summed E-state index contributed by atoms with van der Waals surface area (Å²) >= 11 is 0. The molecule has 2 heterocycles. The molecule has 1 aromatic carbocycles. The zero-order valence-electron chi connectivity index (χ0n) is 12.8. The quantitative estimate of drug-likeness (QED) is 0.677. The lowest BCUT2D eigenvalue weighted by Gasteiger charge is -2.54. The molecule has 2 heteroatoms. The van der Waals surface area contributed by atoms with Crippen molar-refractivity contribution in [3.8, 4) is 0 Å². The van der Waals surface area contributed by atoms with E-state index in [4.69, 9.17) is 10.2 Å². The molecule has 10 atom stereocenters. The highest BCUT2D eigenvalue weighted by molar-refractivity contribution is 5.45. The van der Waals surface area contributed by atoms with E-state index < -0.39 is 0 Å². The first kappa shape index (κ1) is 11.4. The van der Waals surface area contributed by atoms with Gasteiger partial charge in [0.1, 0.15) is 0 Å². The molecule has 0 amide bonds. The minimum atomic E-state index is 0.582. The number of azo groups is 1. The van der Waals surface area contributed by atoms with Crippen molar-refractivity contribution in [1.82, 2.24) is 0 Å². The normalized spacial score (nSPS) is 58.0. The molecule has 0 N–H and O–H groups in total. The first-order valence-electron chi connectivity index (χ1n) is 9.40. The van der Waals surface area contributed by atoms with Gasteiger partial charge in [0.2, 0.25) is 0 Å². The molecule has 1 aromatic rings. The second kappa shape index (κ2) is 3.49. The van der Waals surface area contributed by atoms with E-state index in [1.807, 2.05) is 0 Å². The Morgan fingerprint density at radius 3 is 1.77 bits per heavy atom. The number of benzene rings is 1. The van der Waals surface area contributed by atoms with Crippen molar-refractivity contribution in [2.24, 2.45) is 45.7 Å². The third kappa shape index (κ3) is 1.04. The molecular weight excluding hydrogens is 268 g/mol. The van der Waals surface area contributed by atoms with Gasteiger partial charge in [-0.2, -0.15) is 10.2 Å². The van der Waals surface area contributed by atoms with Crippen LogP contribution in [0.1, 0.15) is 48.6 Å². The van der Waals surface area contributed by atoms with Crippen molar-refractivity contribution < 1.29 is 0 Å². The highest BCUT2D eigenvalue weighted by Crippen LogP contribution is 2.71. The van der Waals surface area contributed by atoms with E-state index in [0.717, 1.165) is 47.3 Å². The SMILES string of the molecule is c1ccc2c(c1)C1CC2C2C3N=NC(C4C5CCC(C5)C34)C12. The van der Waals surface area contributed by atoms with Crippen LogP contribution < -0.4 is 0 Å². The smallest absolute Gasteiger partial charge is 0.0780 e. The van der Waals surface area contributed by atoms with Crippen LogP contribution in [0.5, 0.6) is 0 Å². The first-order chi connectivity index (χ1) is 10.9. The monoisotopic (exact) mass is 290 g/mol. The topological polar surface area (TPSA) is 24.7 Å². The van der Waals surface area contributed by atoms with Gasteiger partial charge in [-0.3, -0.25) is 0 Å². The molecule has 0 aromatic heterocycles. The summed E-state index contributed by atoms with van der Waals surface area (Å²) in [5.41, 5.74) is 3.35. The number of hydrogen-bond donors (Lipinski definition) is 0. The second-order valence-corrected chi connectivity index (χ2v) is 8.93. The fraction of sp³-hybridized carbons (Fsp3) is 0.700. The van der Waals surface area contributed by atoms with Crippen molar-refractivity contribution in [3.05, 3.63) is 35.4 Å². The van der Waals surface area contributed by atoms with E-state index >= 15 is 0 Å². The van der Waals surface area contributed by atoms with Crippen LogP contribution in [0, 0.1) is 35.5 Å². The molecule has 4 fully saturated rings. The maximum Gasteiger partial charge on any atom is 0.0780 e. The maximum atomic E-state index is 4.92. The van der Waals surface area contributed by atoms with E-state index in [9.17, 15) is 0 Å². The number of hydrogen-bond acceptors (Lipinski definition) is 2. The Bertz CT molecular complexity index is 652. The largest absolute Gasteiger partial charge is 0.190 e. The van der Waals surface area contributed by atoms with Crippen LogP contribution in [-0.4, -0.2) is 12.1 Å². The van der Waals surface area contributed by atoms with Crippen LogP contribution in [-0.2, 0) is 0 Å². The van der Waals surface area contributed by atoms with Crippen molar-refractivity contribution in [3.63, 3.8) is 0 Å². The highest BCUT2D eigenvalue weighted by atomic mass is 15.2. The van der Waals surface area contributed by atoms with Gasteiger partial charge >= 0.3 is 0 Å². The van der Waals surface area contributed by atoms with Gasteiger partial charge in [-0.05, 0) is 84.2 Å². The molecule has 0 radical (unpaired) electrons.